The standard InChI is InChI=1S/C14H21N3O3/c18-13(3-1-2-4-14(19)20)17-7-5-11(6-8-17)12-9-15-16-10-12/h9-11H,1-8H2,(H,15,16)(H,19,20). The maximum absolute atomic E-state index is 12.0. The highest BCUT2D eigenvalue weighted by molar-refractivity contribution is 5.76. The zero-order valence-electron chi connectivity index (χ0n) is 11.5. The van der Waals surface area contributed by atoms with Crippen LogP contribution in [0.1, 0.15) is 50.0 Å². The number of carbonyl (C=O) groups is 2. The number of carboxylic acid groups (broad SMARTS) is 1. The Bertz CT molecular complexity index is 437. The molecule has 0 aliphatic carbocycles. The second kappa shape index (κ2) is 7.07. The first-order valence-electron chi connectivity index (χ1n) is 7.15. The van der Waals surface area contributed by atoms with Crippen molar-refractivity contribution in [1.29, 1.82) is 0 Å². The molecule has 1 aliphatic heterocycles. The van der Waals surface area contributed by atoms with Gasteiger partial charge in [-0.2, -0.15) is 5.10 Å². The molecule has 0 bridgehead atoms. The molecule has 0 atom stereocenters. The molecule has 1 aliphatic rings. The minimum Gasteiger partial charge on any atom is -0.481 e. The van der Waals surface area contributed by atoms with Crippen molar-refractivity contribution in [1.82, 2.24) is 15.1 Å². The summed E-state index contributed by atoms with van der Waals surface area (Å²) in [6.45, 7) is 1.57. The number of aliphatic carboxylic acids is 1. The van der Waals surface area contributed by atoms with Crippen LogP contribution in [0, 0.1) is 0 Å². The van der Waals surface area contributed by atoms with E-state index < -0.39 is 5.97 Å². The second-order valence-corrected chi connectivity index (χ2v) is 5.29. The molecule has 0 unspecified atom stereocenters. The molecule has 6 heteroatoms. The Morgan fingerprint density at radius 1 is 1.30 bits per heavy atom. The van der Waals surface area contributed by atoms with E-state index in [9.17, 15) is 9.59 Å². The maximum atomic E-state index is 12.0. The first kappa shape index (κ1) is 14.6. The predicted octanol–water partition coefficient (Wildman–Crippen LogP) is 1.76. The molecule has 6 nitrogen and oxygen atoms in total. The highest BCUT2D eigenvalue weighted by atomic mass is 16.4. The van der Waals surface area contributed by atoms with Gasteiger partial charge in [0, 0.05) is 32.1 Å². The second-order valence-electron chi connectivity index (χ2n) is 5.29. The smallest absolute Gasteiger partial charge is 0.303 e. The van der Waals surface area contributed by atoms with E-state index in [1.807, 2.05) is 17.3 Å². The van der Waals surface area contributed by atoms with E-state index in [2.05, 4.69) is 10.2 Å². The van der Waals surface area contributed by atoms with E-state index in [4.69, 9.17) is 5.11 Å². The summed E-state index contributed by atoms with van der Waals surface area (Å²) in [5.74, 6) is -0.149. The Hall–Kier alpha value is -1.85. The van der Waals surface area contributed by atoms with Gasteiger partial charge in [0.1, 0.15) is 0 Å². The van der Waals surface area contributed by atoms with Gasteiger partial charge in [0.2, 0.25) is 5.91 Å². The zero-order valence-corrected chi connectivity index (χ0v) is 11.5. The molecule has 0 radical (unpaired) electrons. The third-order valence-corrected chi connectivity index (χ3v) is 3.87. The number of hydrogen-bond donors (Lipinski definition) is 2. The van der Waals surface area contributed by atoms with Gasteiger partial charge in [0.15, 0.2) is 0 Å². The normalized spacial score (nSPS) is 16.3. The largest absolute Gasteiger partial charge is 0.481 e. The van der Waals surface area contributed by atoms with Crippen LogP contribution in [0.4, 0.5) is 0 Å². The third kappa shape index (κ3) is 4.08. The maximum Gasteiger partial charge on any atom is 0.303 e. The Kier molecular flexibility index (Phi) is 5.15. The fraction of sp³-hybridized carbons (Fsp3) is 0.643. The van der Waals surface area contributed by atoms with Crippen LogP contribution in [-0.2, 0) is 9.59 Å². The number of nitrogens with zero attached hydrogens (tertiary/aromatic N) is 2. The number of aromatic nitrogens is 2. The van der Waals surface area contributed by atoms with Gasteiger partial charge in [-0.1, -0.05) is 0 Å². The molecule has 1 aromatic rings. The van der Waals surface area contributed by atoms with Gasteiger partial charge in [0.05, 0.1) is 6.20 Å². The van der Waals surface area contributed by atoms with Crippen LogP contribution >= 0.6 is 0 Å². The van der Waals surface area contributed by atoms with Crippen molar-refractivity contribution in [3.8, 4) is 0 Å². The van der Waals surface area contributed by atoms with Gasteiger partial charge in [-0.25, -0.2) is 0 Å². The Morgan fingerprint density at radius 3 is 2.60 bits per heavy atom. The van der Waals surface area contributed by atoms with Crippen molar-refractivity contribution in [2.75, 3.05) is 13.1 Å². The van der Waals surface area contributed by atoms with Crippen molar-refractivity contribution in [3.05, 3.63) is 18.0 Å². The number of carboxylic acids is 1. The number of amides is 1. The number of unbranched alkanes of at least 4 members (excludes halogenated alkanes) is 1. The molecular weight excluding hydrogens is 258 g/mol. The van der Waals surface area contributed by atoms with Gasteiger partial charge >= 0.3 is 5.97 Å². The van der Waals surface area contributed by atoms with Crippen molar-refractivity contribution in [2.45, 2.75) is 44.4 Å². The summed E-state index contributed by atoms with van der Waals surface area (Å²) >= 11 is 0. The monoisotopic (exact) mass is 279 g/mol. The van der Waals surface area contributed by atoms with Crippen LogP contribution in [0.25, 0.3) is 0 Å². The average molecular weight is 279 g/mol. The molecule has 20 heavy (non-hydrogen) atoms. The van der Waals surface area contributed by atoms with Crippen LogP contribution in [0.3, 0.4) is 0 Å². The average Bonchev–Trinajstić information content (AvgIpc) is 2.97. The highest BCUT2D eigenvalue weighted by Crippen LogP contribution is 2.27. The molecule has 0 saturated carbocycles. The van der Waals surface area contributed by atoms with Crippen molar-refractivity contribution < 1.29 is 14.7 Å². The molecular formula is C14H21N3O3. The number of carbonyl (C=O) groups excluding carboxylic acids is 1. The van der Waals surface area contributed by atoms with E-state index in [0.717, 1.165) is 25.9 Å². The summed E-state index contributed by atoms with van der Waals surface area (Å²) in [6.07, 6.45) is 7.57. The molecule has 1 fully saturated rings. The molecule has 1 saturated heterocycles. The fourth-order valence-electron chi connectivity index (χ4n) is 2.66. The van der Waals surface area contributed by atoms with Gasteiger partial charge in [-0.3, -0.25) is 14.7 Å². The van der Waals surface area contributed by atoms with Gasteiger partial charge in [-0.15, -0.1) is 0 Å². The van der Waals surface area contributed by atoms with Crippen molar-refractivity contribution in [3.63, 3.8) is 0 Å². The highest BCUT2D eigenvalue weighted by Gasteiger charge is 2.23. The van der Waals surface area contributed by atoms with E-state index in [1.165, 1.54) is 5.56 Å². The third-order valence-electron chi connectivity index (χ3n) is 3.87. The summed E-state index contributed by atoms with van der Waals surface area (Å²) < 4.78 is 0. The van der Waals surface area contributed by atoms with Crippen molar-refractivity contribution in [2.24, 2.45) is 0 Å². The Labute approximate surface area is 118 Å². The van der Waals surface area contributed by atoms with Crippen LogP contribution in [0.15, 0.2) is 12.4 Å². The number of likely N-dealkylation sites (tertiary alicyclic amines) is 1. The van der Waals surface area contributed by atoms with Gasteiger partial charge in [0.25, 0.3) is 0 Å². The number of aromatic amines is 1. The molecule has 0 spiro atoms. The van der Waals surface area contributed by atoms with Crippen molar-refractivity contribution >= 4 is 11.9 Å². The Balaban J connectivity index is 1.68. The number of nitrogens with one attached hydrogen (secondary N) is 1. The predicted molar refractivity (Wildman–Crippen MR) is 73.2 cm³/mol. The lowest BCUT2D eigenvalue weighted by molar-refractivity contribution is -0.137. The minimum absolute atomic E-state index is 0.149. The lowest BCUT2D eigenvalue weighted by Crippen LogP contribution is -2.37. The molecule has 1 amide bonds. The molecule has 0 aromatic carbocycles. The summed E-state index contributed by atoms with van der Waals surface area (Å²) in [5, 5.41) is 15.3. The van der Waals surface area contributed by atoms with Crippen LogP contribution in [0.5, 0.6) is 0 Å². The molecule has 2 heterocycles. The first-order chi connectivity index (χ1) is 9.66. The lowest BCUT2D eigenvalue weighted by Gasteiger charge is -2.31. The van der Waals surface area contributed by atoms with E-state index in [0.29, 0.717) is 25.2 Å². The topological polar surface area (TPSA) is 86.3 Å². The van der Waals surface area contributed by atoms with Gasteiger partial charge < -0.3 is 10.0 Å². The SMILES string of the molecule is O=C(O)CCCCC(=O)N1CCC(c2cn[nH]c2)CC1. The molecule has 1 aromatic heterocycles. The van der Waals surface area contributed by atoms with Crippen LogP contribution < -0.4 is 0 Å². The summed E-state index contributed by atoms with van der Waals surface area (Å²) in [6, 6.07) is 0. The van der Waals surface area contributed by atoms with E-state index >= 15 is 0 Å². The first-order valence-corrected chi connectivity index (χ1v) is 7.15. The quantitative estimate of drug-likeness (QED) is 0.777. The number of H-pyrrole nitrogens is 1. The molecule has 2 N–H and O–H groups in total. The number of piperidine rings is 1. The summed E-state index contributed by atoms with van der Waals surface area (Å²) in [7, 11) is 0. The Morgan fingerprint density at radius 2 is 2.00 bits per heavy atom. The van der Waals surface area contributed by atoms with Gasteiger partial charge in [-0.05, 0) is 37.2 Å². The number of hydrogen-bond acceptors (Lipinski definition) is 3. The fourth-order valence-corrected chi connectivity index (χ4v) is 2.66. The minimum atomic E-state index is -0.793. The summed E-state index contributed by atoms with van der Waals surface area (Å²) in [5.41, 5.74) is 1.22. The van der Waals surface area contributed by atoms with E-state index in [-0.39, 0.29) is 12.3 Å². The number of rotatable bonds is 6. The van der Waals surface area contributed by atoms with Crippen LogP contribution in [0.2, 0.25) is 0 Å². The summed E-state index contributed by atoms with van der Waals surface area (Å²) in [4.78, 5) is 24.3. The van der Waals surface area contributed by atoms with E-state index in [1.54, 1.807) is 0 Å². The molecule has 110 valence electrons. The lowest BCUT2D eigenvalue weighted by atomic mass is 9.91. The molecule has 2 rings (SSSR count). The zero-order chi connectivity index (χ0) is 14.4. The van der Waals surface area contributed by atoms with Crippen LogP contribution in [-0.4, -0.2) is 45.2 Å².